The highest BCUT2D eigenvalue weighted by Gasteiger charge is 2.08. The molecule has 1 atom stereocenters. The van der Waals surface area contributed by atoms with Gasteiger partial charge < -0.3 is 14.7 Å². The summed E-state index contributed by atoms with van der Waals surface area (Å²) in [5.41, 5.74) is 0. The Morgan fingerprint density at radius 2 is 2.27 bits per heavy atom. The zero-order valence-corrected chi connectivity index (χ0v) is 7.20. The molecule has 0 aromatic rings. The number of nitrogens with zero attached hydrogens (tertiary/aromatic N) is 1. The molecule has 1 amide bonds. The van der Waals surface area contributed by atoms with Crippen LogP contribution in [0.25, 0.3) is 0 Å². The minimum Gasteiger partial charge on any atom is -0.389 e. The molecular formula is C7H15NO3. The third kappa shape index (κ3) is 4.75. The van der Waals surface area contributed by atoms with Gasteiger partial charge in [-0.15, -0.1) is 0 Å². The number of aliphatic hydroxyl groups is 1. The molecule has 0 aromatic carbocycles. The second kappa shape index (κ2) is 5.09. The number of likely N-dealkylation sites (N-methyl/N-ethyl adjacent to an activating group) is 1. The third-order valence-electron chi connectivity index (χ3n) is 1.38. The van der Waals surface area contributed by atoms with Crippen LogP contribution in [0.2, 0.25) is 0 Å². The van der Waals surface area contributed by atoms with Crippen molar-refractivity contribution in [2.45, 2.75) is 13.0 Å². The molecule has 0 heterocycles. The molecule has 4 heteroatoms. The summed E-state index contributed by atoms with van der Waals surface area (Å²) < 4.78 is 4.70. The van der Waals surface area contributed by atoms with Gasteiger partial charge in [-0.05, 0) is 0 Å². The maximum atomic E-state index is 10.7. The van der Waals surface area contributed by atoms with E-state index in [-0.39, 0.29) is 12.5 Å². The van der Waals surface area contributed by atoms with Crippen molar-refractivity contribution < 1.29 is 14.6 Å². The quantitative estimate of drug-likeness (QED) is 0.603. The second-order valence-corrected chi connectivity index (χ2v) is 2.51. The lowest BCUT2D eigenvalue weighted by Gasteiger charge is -2.18. The van der Waals surface area contributed by atoms with Gasteiger partial charge in [0, 0.05) is 27.6 Å². The number of carbonyl (C=O) groups excluding carboxylic acids is 1. The summed E-state index contributed by atoms with van der Waals surface area (Å²) in [5.74, 6) is -0.0554. The Bertz CT molecular complexity index is 127. The van der Waals surface area contributed by atoms with Crippen LogP contribution >= 0.6 is 0 Å². The fraction of sp³-hybridized carbons (Fsp3) is 0.857. The number of ether oxygens (including phenoxy) is 1. The second-order valence-electron chi connectivity index (χ2n) is 2.51. The van der Waals surface area contributed by atoms with Crippen molar-refractivity contribution in [1.82, 2.24) is 4.90 Å². The molecule has 0 aliphatic rings. The number of hydrogen-bond donors (Lipinski definition) is 1. The van der Waals surface area contributed by atoms with Crippen molar-refractivity contribution in [3.63, 3.8) is 0 Å². The molecule has 0 bridgehead atoms. The van der Waals surface area contributed by atoms with E-state index in [1.54, 1.807) is 7.05 Å². The average molecular weight is 161 g/mol. The van der Waals surface area contributed by atoms with Crippen LogP contribution in [0.15, 0.2) is 0 Å². The van der Waals surface area contributed by atoms with Crippen molar-refractivity contribution in [2.75, 3.05) is 27.3 Å². The molecular weight excluding hydrogens is 146 g/mol. The summed E-state index contributed by atoms with van der Waals surface area (Å²) in [6, 6.07) is 0. The summed E-state index contributed by atoms with van der Waals surface area (Å²) in [6.07, 6.45) is -0.589. The van der Waals surface area contributed by atoms with Crippen molar-refractivity contribution in [3.8, 4) is 0 Å². The van der Waals surface area contributed by atoms with Gasteiger partial charge in [0.15, 0.2) is 0 Å². The minimum atomic E-state index is -0.589. The van der Waals surface area contributed by atoms with Gasteiger partial charge in [0.1, 0.15) is 0 Å². The molecule has 1 N–H and O–H groups in total. The molecule has 0 aliphatic carbocycles. The summed E-state index contributed by atoms with van der Waals surface area (Å²) in [4.78, 5) is 12.1. The van der Waals surface area contributed by atoms with E-state index in [4.69, 9.17) is 9.84 Å². The number of amides is 1. The van der Waals surface area contributed by atoms with Gasteiger partial charge in [-0.3, -0.25) is 4.79 Å². The van der Waals surface area contributed by atoms with Gasteiger partial charge in [0.25, 0.3) is 0 Å². The van der Waals surface area contributed by atoms with Crippen molar-refractivity contribution in [3.05, 3.63) is 0 Å². The van der Waals surface area contributed by atoms with Crippen LogP contribution in [0.3, 0.4) is 0 Å². The zero-order valence-electron chi connectivity index (χ0n) is 7.20. The summed E-state index contributed by atoms with van der Waals surface area (Å²) in [7, 11) is 3.15. The first-order chi connectivity index (χ1) is 5.07. The van der Waals surface area contributed by atoms with E-state index in [1.807, 2.05) is 0 Å². The summed E-state index contributed by atoms with van der Waals surface area (Å²) in [6.45, 7) is 2.04. The molecule has 1 unspecified atom stereocenters. The Kier molecular flexibility index (Phi) is 4.81. The van der Waals surface area contributed by atoms with Crippen LogP contribution in [-0.2, 0) is 9.53 Å². The predicted octanol–water partition coefficient (Wildman–Crippen LogP) is -0.528. The Hall–Kier alpha value is -0.610. The highest BCUT2D eigenvalue weighted by molar-refractivity contribution is 5.72. The first kappa shape index (κ1) is 10.4. The maximum absolute atomic E-state index is 10.7. The molecule has 0 fully saturated rings. The third-order valence-corrected chi connectivity index (χ3v) is 1.38. The molecule has 0 aromatic heterocycles. The Morgan fingerprint density at radius 1 is 1.73 bits per heavy atom. The fourth-order valence-electron chi connectivity index (χ4n) is 0.690. The first-order valence-electron chi connectivity index (χ1n) is 3.46. The average Bonchev–Trinajstić information content (AvgIpc) is 1.87. The Balaban J connectivity index is 3.56. The van der Waals surface area contributed by atoms with Crippen LogP contribution in [-0.4, -0.2) is 49.3 Å². The number of rotatable bonds is 4. The molecule has 0 saturated heterocycles. The highest BCUT2D eigenvalue weighted by atomic mass is 16.5. The molecule has 0 rings (SSSR count). The molecule has 0 radical (unpaired) electrons. The van der Waals surface area contributed by atoms with E-state index >= 15 is 0 Å². The molecule has 0 aliphatic heterocycles. The minimum absolute atomic E-state index is 0.0554. The van der Waals surface area contributed by atoms with Crippen molar-refractivity contribution in [1.29, 1.82) is 0 Å². The SMILES string of the molecule is COCC(O)CN(C)C(C)=O. The largest absolute Gasteiger partial charge is 0.389 e. The maximum Gasteiger partial charge on any atom is 0.219 e. The number of hydrogen-bond acceptors (Lipinski definition) is 3. The normalized spacial score (nSPS) is 12.7. The molecule has 0 saturated carbocycles. The number of carbonyl (C=O) groups is 1. The number of aliphatic hydroxyl groups excluding tert-OH is 1. The summed E-state index contributed by atoms with van der Waals surface area (Å²) >= 11 is 0. The lowest BCUT2D eigenvalue weighted by molar-refractivity contribution is -0.129. The summed E-state index contributed by atoms with van der Waals surface area (Å²) in [5, 5.41) is 9.15. The van der Waals surface area contributed by atoms with E-state index in [9.17, 15) is 4.79 Å². The topological polar surface area (TPSA) is 49.8 Å². The zero-order chi connectivity index (χ0) is 8.85. The van der Waals surface area contributed by atoms with Crippen molar-refractivity contribution in [2.24, 2.45) is 0 Å². The van der Waals surface area contributed by atoms with Crippen LogP contribution in [0, 0.1) is 0 Å². The van der Waals surface area contributed by atoms with Gasteiger partial charge in [-0.25, -0.2) is 0 Å². The molecule has 66 valence electrons. The van der Waals surface area contributed by atoms with Gasteiger partial charge in [0.2, 0.25) is 5.91 Å². The molecule has 11 heavy (non-hydrogen) atoms. The first-order valence-corrected chi connectivity index (χ1v) is 3.46. The van der Waals surface area contributed by atoms with E-state index in [2.05, 4.69) is 0 Å². The van der Waals surface area contributed by atoms with Crippen LogP contribution in [0.4, 0.5) is 0 Å². The lowest BCUT2D eigenvalue weighted by Crippen LogP contribution is -2.34. The Labute approximate surface area is 66.8 Å². The van der Waals surface area contributed by atoms with Gasteiger partial charge in [-0.2, -0.15) is 0 Å². The van der Waals surface area contributed by atoms with E-state index in [0.717, 1.165) is 0 Å². The van der Waals surface area contributed by atoms with Crippen LogP contribution < -0.4 is 0 Å². The standard InChI is InChI=1S/C7H15NO3/c1-6(9)8(2)4-7(10)5-11-3/h7,10H,4-5H2,1-3H3. The van der Waals surface area contributed by atoms with Crippen LogP contribution in [0.1, 0.15) is 6.92 Å². The monoisotopic (exact) mass is 161 g/mol. The number of methoxy groups -OCH3 is 1. The molecule has 0 spiro atoms. The lowest BCUT2D eigenvalue weighted by atomic mass is 10.3. The predicted molar refractivity (Wildman–Crippen MR) is 41.2 cm³/mol. The van der Waals surface area contributed by atoms with Gasteiger partial charge in [-0.1, -0.05) is 0 Å². The van der Waals surface area contributed by atoms with E-state index in [0.29, 0.717) is 6.54 Å². The van der Waals surface area contributed by atoms with Crippen molar-refractivity contribution >= 4 is 5.91 Å². The fourth-order valence-corrected chi connectivity index (χ4v) is 0.690. The smallest absolute Gasteiger partial charge is 0.219 e. The van der Waals surface area contributed by atoms with E-state index < -0.39 is 6.10 Å². The highest BCUT2D eigenvalue weighted by Crippen LogP contribution is 1.89. The van der Waals surface area contributed by atoms with Gasteiger partial charge >= 0.3 is 0 Å². The van der Waals surface area contributed by atoms with E-state index in [1.165, 1.54) is 18.9 Å². The van der Waals surface area contributed by atoms with Crippen LogP contribution in [0.5, 0.6) is 0 Å². The molecule has 4 nitrogen and oxygen atoms in total. The Morgan fingerprint density at radius 3 is 2.64 bits per heavy atom. The van der Waals surface area contributed by atoms with Gasteiger partial charge in [0.05, 0.1) is 12.7 Å².